The maximum atomic E-state index is 12.5. The van der Waals surface area contributed by atoms with Crippen molar-refractivity contribution in [3.8, 4) is 0 Å². The third-order valence-electron chi connectivity index (χ3n) is 4.35. The van der Waals surface area contributed by atoms with Crippen molar-refractivity contribution in [2.75, 3.05) is 18.0 Å². The summed E-state index contributed by atoms with van der Waals surface area (Å²) in [6.07, 6.45) is 1.58. The highest BCUT2D eigenvalue weighted by Gasteiger charge is 2.27. The summed E-state index contributed by atoms with van der Waals surface area (Å²) in [5.41, 5.74) is 0. The van der Waals surface area contributed by atoms with Crippen LogP contribution in [0.2, 0.25) is 5.15 Å². The van der Waals surface area contributed by atoms with E-state index in [1.165, 1.54) is 0 Å². The number of carbonyl (C=O) groups is 1. The summed E-state index contributed by atoms with van der Waals surface area (Å²) in [4.78, 5) is 14.6. The van der Waals surface area contributed by atoms with Crippen molar-refractivity contribution in [3.63, 3.8) is 0 Å². The Bertz CT molecular complexity index is 693. The van der Waals surface area contributed by atoms with Crippen LogP contribution in [0, 0.1) is 12.8 Å². The Balaban J connectivity index is 1.52. The Morgan fingerprint density at radius 1 is 1.29 bits per heavy atom. The molecule has 1 fully saturated rings. The minimum absolute atomic E-state index is 0.0139. The van der Waals surface area contributed by atoms with E-state index in [4.69, 9.17) is 16.0 Å². The molecule has 0 unspecified atom stereocenters. The molecular weight excluding hydrogens is 328 g/mol. The first kappa shape index (κ1) is 16.8. The smallest absolute Gasteiger partial charge is 0.223 e. The van der Waals surface area contributed by atoms with Gasteiger partial charge < -0.3 is 14.6 Å². The topological polar surface area (TPSA) is 71.3 Å². The number of nitrogens with one attached hydrogen (secondary N) is 1. The van der Waals surface area contributed by atoms with E-state index in [0.717, 1.165) is 43.3 Å². The van der Waals surface area contributed by atoms with Gasteiger partial charge in [-0.25, -0.2) is 0 Å². The number of amides is 1. The average molecular weight is 349 g/mol. The lowest BCUT2D eigenvalue weighted by molar-refractivity contribution is -0.126. The first-order valence-electron chi connectivity index (χ1n) is 8.14. The zero-order valence-corrected chi connectivity index (χ0v) is 14.6. The molecule has 1 atom stereocenters. The molecule has 3 rings (SSSR count). The number of nitrogens with zero attached hydrogens (tertiary/aromatic N) is 3. The van der Waals surface area contributed by atoms with Gasteiger partial charge in [0, 0.05) is 19.0 Å². The number of furan rings is 1. The number of hydrogen-bond acceptors (Lipinski definition) is 5. The zero-order valence-electron chi connectivity index (χ0n) is 13.8. The number of carbonyl (C=O) groups excluding carboxylic acids is 1. The zero-order chi connectivity index (χ0) is 17.1. The SMILES string of the molecule is Cc1ccc([C@@H](C)NC(=O)C2CCN(c3ccc(Cl)nn3)CC2)o1. The van der Waals surface area contributed by atoms with Crippen molar-refractivity contribution in [3.05, 3.63) is 40.9 Å². The number of hydrogen-bond donors (Lipinski definition) is 1. The van der Waals surface area contributed by atoms with E-state index in [1.807, 2.05) is 32.0 Å². The summed E-state index contributed by atoms with van der Waals surface area (Å²) in [6, 6.07) is 7.28. The molecule has 1 saturated heterocycles. The van der Waals surface area contributed by atoms with Gasteiger partial charge >= 0.3 is 0 Å². The molecule has 6 nitrogen and oxygen atoms in total. The van der Waals surface area contributed by atoms with Crippen LogP contribution in [0.4, 0.5) is 5.82 Å². The van der Waals surface area contributed by atoms with E-state index in [1.54, 1.807) is 6.07 Å². The number of piperidine rings is 1. The van der Waals surface area contributed by atoms with Gasteiger partial charge in [-0.3, -0.25) is 4.79 Å². The maximum absolute atomic E-state index is 12.5. The van der Waals surface area contributed by atoms with E-state index in [-0.39, 0.29) is 17.9 Å². The molecule has 2 aromatic heterocycles. The Morgan fingerprint density at radius 2 is 2.04 bits per heavy atom. The first-order chi connectivity index (χ1) is 11.5. The van der Waals surface area contributed by atoms with Crippen LogP contribution in [0.15, 0.2) is 28.7 Å². The maximum Gasteiger partial charge on any atom is 0.223 e. The van der Waals surface area contributed by atoms with Crippen molar-refractivity contribution >= 4 is 23.3 Å². The minimum Gasteiger partial charge on any atom is -0.464 e. The quantitative estimate of drug-likeness (QED) is 0.919. The molecule has 0 aliphatic carbocycles. The fourth-order valence-electron chi connectivity index (χ4n) is 2.94. The third-order valence-corrected chi connectivity index (χ3v) is 4.56. The highest BCUT2D eigenvalue weighted by Crippen LogP contribution is 2.23. The number of aromatic nitrogens is 2. The molecule has 0 bridgehead atoms. The predicted octanol–water partition coefficient (Wildman–Crippen LogP) is 3.13. The third kappa shape index (κ3) is 3.87. The monoisotopic (exact) mass is 348 g/mol. The minimum atomic E-state index is -0.119. The van der Waals surface area contributed by atoms with Crippen LogP contribution < -0.4 is 10.2 Å². The fraction of sp³-hybridized carbons (Fsp3) is 0.471. The molecule has 1 N–H and O–H groups in total. The van der Waals surface area contributed by atoms with E-state index < -0.39 is 0 Å². The molecule has 2 aromatic rings. The largest absolute Gasteiger partial charge is 0.464 e. The standard InChI is InChI=1S/C17H21ClN4O2/c1-11-3-4-14(24-11)12(2)19-17(23)13-7-9-22(10-8-13)16-6-5-15(18)20-21-16/h3-6,12-13H,7-10H2,1-2H3,(H,19,23)/t12-/m1/s1. The van der Waals surface area contributed by atoms with Gasteiger partial charge in [0.15, 0.2) is 11.0 Å². The van der Waals surface area contributed by atoms with Crippen molar-refractivity contribution in [2.24, 2.45) is 5.92 Å². The number of halogens is 1. The van der Waals surface area contributed by atoms with Gasteiger partial charge in [-0.15, -0.1) is 10.2 Å². The van der Waals surface area contributed by atoms with Gasteiger partial charge in [-0.05, 0) is 51.0 Å². The van der Waals surface area contributed by atoms with Crippen LogP contribution in [-0.2, 0) is 4.79 Å². The Labute approximate surface area is 146 Å². The summed E-state index contributed by atoms with van der Waals surface area (Å²) < 4.78 is 5.57. The van der Waals surface area contributed by atoms with Gasteiger partial charge in [0.1, 0.15) is 11.5 Å². The van der Waals surface area contributed by atoms with Crippen molar-refractivity contribution in [1.29, 1.82) is 0 Å². The molecule has 1 amide bonds. The van der Waals surface area contributed by atoms with Crippen molar-refractivity contribution in [2.45, 2.75) is 32.7 Å². The second-order valence-electron chi connectivity index (χ2n) is 6.15. The Hall–Kier alpha value is -2.08. The van der Waals surface area contributed by atoms with Crippen LogP contribution in [0.1, 0.15) is 37.3 Å². The highest BCUT2D eigenvalue weighted by molar-refractivity contribution is 6.29. The molecular formula is C17H21ClN4O2. The lowest BCUT2D eigenvalue weighted by Gasteiger charge is -2.32. The van der Waals surface area contributed by atoms with E-state index in [9.17, 15) is 4.79 Å². The van der Waals surface area contributed by atoms with E-state index in [0.29, 0.717) is 5.15 Å². The molecule has 0 radical (unpaired) electrons. The Morgan fingerprint density at radius 3 is 2.62 bits per heavy atom. The molecule has 3 heterocycles. The van der Waals surface area contributed by atoms with E-state index in [2.05, 4.69) is 20.4 Å². The lowest BCUT2D eigenvalue weighted by Crippen LogP contribution is -2.41. The molecule has 0 saturated carbocycles. The van der Waals surface area contributed by atoms with Gasteiger partial charge in [0.25, 0.3) is 0 Å². The summed E-state index contributed by atoms with van der Waals surface area (Å²) in [7, 11) is 0. The molecule has 0 aromatic carbocycles. The second kappa shape index (κ2) is 7.21. The lowest BCUT2D eigenvalue weighted by atomic mass is 9.95. The van der Waals surface area contributed by atoms with Gasteiger partial charge in [0.2, 0.25) is 5.91 Å². The number of aryl methyl sites for hydroxylation is 1. The number of anilines is 1. The van der Waals surface area contributed by atoms with Gasteiger partial charge in [-0.1, -0.05) is 11.6 Å². The van der Waals surface area contributed by atoms with Crippen LogP contribution in [0.5, 0.6) is 0 Å². The van der Waals surface area contributed by atoms with E-state index >= 15 is 0 Å². The molecule has 7 heteroatoms. The molecule has 1 aliphatic heterocycles. The normalized spacial score (nSPS) is 16.9. The van der Waals surface area contributed by atoms with Crippen molar-refractivity contribution < 1.29 is 9.21 Å². The first-order valence-corrected chi connectivity index (χ1v) is 8.51. The van der Waals surface area contributed by atoms with Gasteiger partial charge in [-0.2, -0.15) is 0 Å². The van der Waals surface area contributed by atoms with Crippen LogP contribution in [-0.4, -0.2) is 29.2 Å². The fourth-order valence-corrected chi connectivity index (χ4v) is 3.04. The Kier molecular flexibility index (Phi) is 5.04. The molecule has 128 valence electrons. The second-order valence-corrected chi connectivity index (χ2v) is 6.54. The highest BCUT2D eigenvalue weighted by atomic mass is 35.5. The molecule has 24 heavy (non-hydrogen) atoms. The van der Waals surface area contributed by atoms with Gasteiger partial charge in [0.05, 0.1) is 6.04 Å². The molecule has 1 aliphatic rings. The van der Waals surface area contributed by atoms with Crippen molar-refractivity contribution in [1.82, 2.24) is 15.5 Å². The average Bonchev–Trinajstić information content (AvgIpc) is 3.02. The summed E-state index contributed by atoms with van der Waals surface area (Å²) in [6.45, 7) is 5.40. The molecule has 0 spiro atoms. The summed E-state index contributed by atoms with van der Waals surface area (Å²) in [5, 5.41) is 11.4. The van der Waals surface area contributed by atoms with Crippen LogP contribution in [0.3, 0.4) is 0 Å². The van der Waals surface area contributed by atoms with Crippen LogP contribution in [0.25, 0.3) is 0 Å². The summed E-state index contributed by atoms with van der Waals surface area (Å²) in [5.74, 6) is 2.54. The summed E-state index contributed by atoms with van der Waals surface area (Å²) >= 11 is 5.76. The van der Waals surface area contributed by atoms with Crippen LogP contribution >= 0.6 is 11.6 Å². The predicted molar refractivity (Wildman–Crippen MR) is 92.0 cm³/mol. The number of rotatable bonds is 4.